The van der Waals surface area contributed by atoms with Gasteiger partial charge in [-0.25, -0.2) is 19.0 Å². The molecule has 4 aromatic rings. The molecule has 0 fully saturated rings. The van der Waals surface area contributed by atoms with E-state index in [0.29, 0.717) is 16.3 Å². The van der Waals surface area contributed by atoms with Gasteiger partial charge in [-0.2, -0.15) is 0 Å². The number of carbonyl (C=O) groups is 1. The molecule has 0 unspecified atom stereocenters. The zero-order chi connectivity index (χ0) is 17.2. The number of hydrogen-bond acceptors (Lipinski definition) is 4. The van der Waals surface area contributed by atoms with Gasteiger partial charge in [0.05, 0.1) is 23.1 Å². The van der Waals surface area contributed by atoms with E-state index in [2.05, 4.69) is 15.4 Å². The molecule has 0 aliphatic rings. The highest BCUT2D eigenvalue weighted by atomic mass is 32.1. The first-order valence-corrected chi connectivity index (χ1v) is 8.49. The summed E-state index contributed by atoms with van der Waals surface area (Å²) in [6, 6.07) is 13.8. The standard InChI is InChI=1S/C18H13FN4OS/c19-13-5-3-4-12(8-13)18-21-14(10-25-18)9-17(24)22-23-11-20-15-6-1-2-7-16(15)23/h1-8,10-11H,9H2,(H,22,24). The molecule has 1 amide bonds. The Balaban J connectivity index is 1.48. The van der Waals surface area contributed by atoms with Crippen LogP contribution in [0, 0.1) is 5.82 Å². The molecule has 0 saturated heterocycles. The Morgan fingerprint density at radius 1 is 1.20 bits per heavy atom. The van der Waals surface area contributed by atoms with Crippen molar-refractivity contribution in [3.05, 3.63) is 71.7 Å². The lowest BCUT2D eigenvalue weighted by atomic mass is 10.2. The van der Waals surface area contributed by atoms with Gasteiger partial charge in [-0.3, -0.25) is 10.2 Å². The summed E-state index contributed by atoms with van der Waals surface area (Å²) in [5, 5.41) is 2.50. The van der Waals surface area contributed by atoms with Crippen LogP contribution in [-0.2, 0) is 11.2 Å². The molecule has 0 radical (unpaired) electrons. The molecule has 2 aromatic heterocycles. The van der Waals surface area contributed by atoms with Gasteiger partial charge in [0, 0.05) is 10.9 Å². The number of thiazole rings is 1. The lowest BCUT2D eigenvalue weighted by Gasteiger charge is -2.05. The van der Waals surface area contributed by atoms with Crippen molar-refractivity contribution < 1.29 is 9.18 Å². The Morgan fingerprint density at radius 2 is 2.08 bits per heavy atom. The number of halogens is 1. The Kier molecular flexibility index (Phi) is 3.99. The molecule has 0 atom stereocenters. The third-order valence-corrected chi connectivity index (χ3v) is 4.60. The Bertz CT molecular complexity index is 1060. The van der Waals surface area contributed by atoms with Gasteiger partial charge in [0.2, 0.25) is 5.91 Å². The van der Waals surface area contributed by atoms with E-state index in [4.69, 9.17) is 0 Å². The first kappa shape index (κ1) is 15.5. The first-order valence-electron chi connectivity index (χ1n) is 7.61. The number of rotatable bonds is 4. The highest BCUT2D eigenvalue weighted by Gasteiger charge is 2.11. The molecular formula is C18H13FN4OS. The summed E-state index contributed by atoms with van der Waals surface area (Å²) < 4.78 is 14.9. The first-order chi connectivity index (χ1) is 12.2. The minimum Gasteiger partial charge on any atom is -0.273 e. The quantitative estimate of drug-likeness (QED) is 0.610. The van der Waals surface area contributed by atoms with E-state index in [1.165, 1.54) is 23.5 Å². The van der Waals surface area contributed by atoms with Gasteiger partial charge < -0.3 is 0 Å². The summed E-state index contributed by atoms with van der Waals surface area (Å²) in [7, 11) is 0. The van der Waals surface area contributed by atoms with E-state index in [0.717, 1.165) is 11.0 Å². The average Bonchev–Trinajstić information content (AvgIpc) is 3.23. The van der Waals surface area contributed by atoms with Gasteiger partial charge in [-0.1, -0.05) is 24.3 Å². The second kappa shape index (κ2) is 6.45. The second-order valence-corrected chi connectivity index (χ2v) is 6.33. The third-order valence-electron chi connectivity index (χ3n) is 3.66. The number of hydrogen-bond donors (Lipinski definition) is 1. The maximum absolute atomic E-state index is 13.3. The average molecular weight is 352 g/mol. The molecule has 2 heterocycles. The summed E-state index contributed by atoms with van der Waals surface area (Å²) in [5.74, 6) is -0.502. The van der Waals surface area contributed by atoms with E-state index in [9.17, 15) is 9.18 Å². The number of para-hydroxylation sites is 2. The lowest BCUT2D eigenvalue weighted by Crippen LogP contribution is -2.23. The van der Waals surface area contributed by atoms with Crippen LogP contribution >= 0.6 is 11.3 Å². The van der Waals surface area contributed by atoms with Crippen LogP contribution in [0.1, 0.15) is 5.69 Å². The molecule has 5 nitrogen and oxygen atoms in total. The van der Waals surface area contributed by atoms with Crippen molar-refractivity contribution in [3.63, 3.8) is 0 Å². The minimum atomic E-state index is -0.307. The largest absolute Gasteiger partial charge is 0.273 e. The topological polar surface area (TPSA) is 59.8 Å². The van der Waals surface area contributed by atoms with Crippen LogP contribution in [0.4, 0.5) is 4.39 Å². The number of fused-ring (bicyclic) bond motifs is 1. The molecule has 0 bridgehead atoms. The van der Waals surface area contributed by atoms with Crippen molar-refractivity contribution in [1.82, 2.24) is 14.6 Å². The SMILES string of the molecule is O=C(Cc1csc(-c2cccc(F)c2)n1)Nn1cnc2ccccc21. The van der Waals surface area contributed by atoms with Gasteiger partial charge >= 0.3 is 0 Å². The molecule has 124 valence electrons. The van der Waals surface area contributed by atoms with Crippen molar-refractivity contribution in [1.29, 1.82) is 0 Å². The molecule has 7 heteroatoms. The molecule has 1 N–H and O–H groups in total. The summed E-state index contributed by atoms with van der Waals surface area (Å²) >= 11 is 1.39. The van der Waals surface area contributed by atoms with Gasteiger partial charge in [0.25, 0.3) is 0 Å². The second-order valence-electron chi connectivity index (χ2n) is 5.47. The van der Waals surface area contributed by atoms with Gasteiger partial charge in [-0.15, -0.1) is 11.3 Å². The fourth-order valence-corrected chi connectivity index (χ4v) is 3.35. The highest BCUT2D eigenvalue weighted by Crippen LogP contribution is 2.24. The maximum Gasteiger partial charge on any atom is 0.244 e. The molecule has 0 spiro atoms. The predicted molar refractivity (Wildman–Crippen MR) is 95.3 cm³/mol. The molecule has 25 heavy (non-hydrogen) atoms. The number of carbonyl (C=O) groups excluding carboxylic acids is 1. The van der Waals surface area contributed by atoms with Crippen LogP contribution in [0.15, 0.2) is 60.2 Å². The highest BCUT2D eigenvalue weighted by molar-refractivity contribution is 7.13. The van der Waals surface area contributed by atoms with E-state index < -0.39 is 0 Å². The van der Waals surface area contributed by atoms with Crippen molar-refractivity contribution in [2.24, 2.45) is 0 Å². The molecule has 2 aromatic carbocycles. The number of aromatic nitrogens is 3. The molecule has 0 aliphatic heterocycles. The lowest BCUT2D eigenvalue weighted by molar-refractivity contribution is -0.116. The van der Waals surface area contributed by atoms with Crippen LogP contribution in [0.3, 0.4) is 0 Å². The third kappa shape index (κ3) is 3.27. The van der Waals surface area contributed by atoms with Gasteiger partial charge in [-0.05, 0) is 24.3 Å². The summed E-state index contributed by atoms with van der Waals surface area (Å²) in [6.45, 7) is 0. The fraction of sp³-hybridized carbons (Fsp3) is 0.0556. The van der Waals surface area contributed by atoms with Crippen LogP contribution in [0.2, 0.25) is 0 Å². The van der Waals surface area contributed by atoms with Crippen LogP contribution in [0.5, 0.6) is 0 Å². The number of benzene rings is 2. The number of nitrogens with one attached hydrogen (secondary N) is 1. The minimum absolute atomic E-state index is 0.137. The van der Waals surface area contributed by atoms with E-state index in [-0.39, 0.29) is 18.1 Å². The Morgan fingerprint density at radius 3 is 2.96 bits per heavy atom. The number of imidazole rings is 1. The zero-order valence-electron chi connectivity index (χ0n) is 13.0. The van der Waals surface area contributed by atoms with E-state index >= 15 is 0 Å². The van der Waals surface area contributed by atoms with Crippen molar-refractivity contribution >= 4 is 28.3 Å². The normalized spacial score (nSPS) is 10.9. The van der Waals surface area contributed by atoms with Crippen molar-refractivity contribution in [2.45, 2.75) is 6.42 Å². The monoisotopic (exact) mass is 352 g/mol. The zero-order valence-corrected chi connectivity index (χ0v) is 13.8. The molecule has 4 rings (SSSR count). The fourth-order valence-electron chi connectivity index (χ4n) is 2.53. The molecular weight excluding hydrogens is 339 g/mol. The van der Waals surface area contributed by atoms with Gasteiger partial charge in [0.15, 0.2) is 0 Å². The van der Waals surface area contributed by atoms with E-state index in [1.807, 2.05) is 29.6 Å². The predicted octanol–water partition coefficient (Wildman–Crippen LogP) is 3.61. The smallest absolute Gasteiger partial charge is 0.244 e. The van der Waals surface area contributed by atoms with Crippen molar-refractivity contribution in [3.8, 4) is 10.6 Å². The van der Waals surface area contributed by atoms with Crippen LogP contribution in [0.25, 0.3) is 21.6 Å². The Labute approximate surface area is 146 Å². The van der Waals surface area contributed by atoms with Crippen LogP contribution in [-0.4, -0.2) is 20.6 Å². The van der Waals surface area contributed by atoms with E-state index in [1.54, 1.807) is 23.1 Å². The Hall–Kier alpha value is -3.06. The van der Waals surface area contributed by atoms with Crippen LogP contribution < -0.4 is 5.43 Å². The number of nitrogens with zero attached hydrogens (tertiary/aromatic N) is 3. The number of amides is 1. The summed E-state index contributed by atoms with van der Waals surface area (Å²) in [6.07, 6.45) is 1.71. The van der Waals surface area contributed by atoms with Gasteiger partial charge in [0.1, 0.15) is 17.2 Å². The summed E-state index contributed by atoms with van der Waals surface area (Å²) in [4.78, 5) is 20.9. The summed E-state index contributed by atoms with van der Waals surface area (Å²) in [5.41, 5.74) is 5.78. The van der Waals surface area contributed by atoms with Crippen molar-refractivity contribution in [2.75, 3.05) is 5.43 Å². The molecule has 0 saturated carbocycles. The molecule has 0 aliphatic carbocycles. The maximum atomic E-state index is 13.3.